The maximum absolute atomic E-state index is 14.4. The molecule has 0 saturated carbocycles. The molecule has 9 atom stereocenters. The third-order valence-corrected chi connectivity index (χ3v) is 11.8. The first kappa shape index (κ1) is 61.5. The number of ether oxygens (including phenoxy) is 1. The molecule has 0 spiro atoms. The molecule has 9 unspecified atom stereocenters. The highest BCUT2D eigenvalue weighted by molar-refractivity contribution is 6.00. The fourth-order valence-electron chi connectivity index (χ4n) is 7.49. The fraction of sp³-hybridized carbons (Fsp3) is 0.540. The molecule has 0 aromatic heterocycles. The molecule has 1 aliphatic heterocycles. The van der Waals surface area contributed by atoms with Crippen molar-refractivity contribution >= 4 is 65.2 Å². The number of nitrogens with two attached hydrogens (primary N) is 2. The van der Waals surface area contributed by atoms with Crippen LogP contribution in [0.3, 0.4) is 0 Å². The number of hydrogen-bond acceptors (Lipinski definition) is 12. The lowest BCUT2D eigenvalue weighted by atomic mass is 9.94. The van der Waals surface area contributed by atoms with Crippen molar-refractivity contribution < 1.29 is 62.9 Å². The average molecular weight is 1020 g/mol. The van der Waals surface area contributed by atoms with Gasteiger partial charge >= 0.3 is 17.9 Å². The predicted molar refractivity (Wildman–Crippen MR) is 269 cm³/mol. The average Bonchev–Trinajstić information content (AvgIpc) is 3.31. The van der Waals surface area contributed by atoms with E-state index in [1.54, 1.807) is 26.8 Å². The van der Waals surface area contributed by atoms with E-state index >= 15 is 0 Å². The lowest BCUT2D eigenvalue weighted by Gasteiger charge is -2.27. The van der Waals surface area contributed by atoms with Crippen LogP contribution in [0.15, 0.2) is 71.4 Å². The van der Waals surface area contributed by atoms with Crippen molar-refractivity contribution in [2.24, 2.45) is 34.2 Å². The van der Waals surface area contributed by atoms with Gasteiger partial charge in [0, 0.05) is 39.3 Å². The van der Waals surface area contributed by atoms with Gasteiger partial charge in [-0.1, -0.05) is 88.4 Å². The number of aliphatic imine (C=N–C) groups is 1. The van der Waals surface area contributed by atoms with Crippen LogP contribution >= 0.6 is 0 Å². The molecule has 1 saturated heterocycles. The first-order valence-electron chi connectivity index (χ1n) is 24.1. The Morgan fingerprint density at radius 1 is 0.836 bits per heavy atom. The van der Waals surface area contributed by atoms with E-state index in [0.29, 0.717) is 18.4 Å². The second kappa shape index (κ2) is 30.3. The second-order valence-corrected chi connectivity index (χ2v) is 18.5. The monoisotopic (exact) mass is 1020 g/mol. The zero-order valence-corrected chi connectivity index (χ0v) is 42.9. The Balaban J connectivity index is 2.72. The van der Waals surface area contributed by atoms with Crippen LogP contribution in [0.2, 0.25) is 0 Å². The normalized spacial score (nSPS) is 23.8. The van der Waals surface area contributed by atoms with Gasteiger partial charge in [-0.25, -0.2) is 9.59 Å². The number of amides is 7. The second-order valence-electron chi connectivity index (χ2n) is 18.5. The van der Waals surface area contributed by atoms with Crippen molar-refractivity contribution in [2.75, 3.05) is 13.6 Å². The largest absolute Gasteiger partial charge is 0.480 e. The van der Waals surface area contributed by atoms with E-state index in [-0.39, 0.29) is 43.6 Å². The molecule has 23 heteroatoms. The summed E-state index contributed by atoms with van der Waals surface area (Å²) in [6.45, 7) is 14.9. The standard InChI is InChI=1S/C50H74N10O13/c1-27(2)23-38-47(68)59-39(49(71)72)26-41(62)55-36(17-13-14-22-53-50(51)52)46(67)56-35(19-18-28(3)24-29(4)40(73-33(8)61)25-34-15-11-10-12-16-34)30(5)43(64)57-37(48(69)70)20-21-42(63)60(9)32(7)45(66)54-31(6)44(65)58-38/h10-12,15-16,18-19,24,27,29-31,35-40H,7,13-14,17,20-23,25-26H2,1-6,8-9H3,(H,54,66)(H,55,62)(H,56,67)(H,57,64)(H,58,65)(H,59,68)(H,69,70)(H,71,72)(H4,51,52,53). The molecular formula is C50H74N10O13. The maximum atomic E-state index is 14.4. The van der Waals surface area contributed by atoms with Crippen molar-refractivity contribution in [3.8, 4) is 0 Å². The van der Waals surface area contributed by atoms with Crippen LogP contribution in [0.25, 0.3) is 0 Å². The van der Waals surface area contributed by atoms with E-state index in [4.69, 9.17) is 16.2 Å². The first-order valence-corrected chi connectivity index (χ1v) is 24.1. The molecule has 73 heavy (non-hydrogen) atoms. The highest BCUT2D eigenvalue weighted by Crippen LogP contribution is 2.19. The van der Waals surface area contributed by atoms with Crippen LogP contribution in [0, 0.1) is 17.8 Å². The molecule has 1 aromatic rings. The molecule has 0 bridgehead atoms. The van der Waals surface area contributed by atoms with Gasteiger partial charge in [0.15, 0.2) is 5.96 Å². The van der Waals surface area contributed by atoms with Crippen LogP contribution in [-0.2, 0) is 59.1 Å². The lowest BCUT2D eigenvalue weighted by molar-refractivity contribution is -0.148. The van der Waals surface area contributed by atoms with Gasteiger partial charge in [-0.05, 0) is 57.4 Å². The molecule has 2 rings (SSSR count). The van der Waals surface area contributed by atoms with Crippen molar-refractivity contribution in [1.29, 1.82) is 0 Å². The number of nitrogens with one attached hydrogen (secondary N) is 6. The van der Waals surface area contributed by atoms with E-state index in [0.717, 1.165) is 10.5 Å². The molecule has 1 heterocycles. The highest BCUT2D eigenvalue weighted by Gasteiger charge is 2.34. The summed E-state index contributed by atoms with van der Waals surface area (Å²) in [7, 11) is 1.20. The van der Waals surface area contributed by atoms with Crippen molar-refractivity contribution in [2.45, 2.75) is 142 Å². The molecule has 12 N–H and O–H groups in total. The first-order chi connectivity index (χ1) is 34.2. The number of allylic oxidation sites excluding steroid dienone is 2. The highest BCUT2D eigenvalue weighted by atomic mass is 16.5. The Labute approximate surface area is 425 Å². The number of hydrogen-bond donors (Lipinski definition) is 10. The van der Waals surface area contributed by atoms with Crippen LogP contribution in [0.5, 0.6) is 0 Å². The number of carbonyl (C=O) groups excluding carboxylic acids is 8. The third-order valence-electron chi connectivity index (χ3n) is 11.8. The number of esters is 1. The minimum Gasteiger partial charge on any atom is -0.480 e. The fourth-order valence-corrected chi connectivity index (χ4v) is 7.49. The van der Waals surface area contributed by atoms with Gasteiger partial charge in [-0.2, -0.15) is 0 Å². The Morgan fingerprint density at radius 2 is 1.45 bits per heavy atom. The summed E-state index contributed by atoms with van der Waals surface area (Å²) in [5, 5.41) is 35.2. The van der Waals surface area contributed by atoms with Gasteiger partial charge in [0.05, 0.1) is 18.4 Å². The van der Waals surface area contributed by atoms with E-state index in [1.165, 1.54) is 33.9 Å². The van der Waals surface area contributed by atoms with E-state index < -0.39 is 132 Å². The summed E-state index contributed by atoms with van der Waals surface area (Å²) in [6, 6.07) is 0.603. The van der Waals surface area contributed by atoms with Gasteiger partial charge in [-0.3, -0.25) is 43.3 Å². The number of aliphatic carboxylic acids is 2. The molecule has 0 aliphatic carbocycles. The van der Waals surface area contributed by atoms with Gasteiger partial charge in [0.1, 0.15) is 42.0 Å². The van der Waals surface area contributed by atoms with E-state index in [9.17, 15) is 58.2 Å². The van der Waals surface area contributed by atoms with Crippen LogP contribution in [-0.4, -0.2) is 136 Å². The molecular weight excluding hydrogens is 949 g/mol. The Morgan fingerprint density at radius 3 is 2.04 bits per heavy atom. The summed E-state index contributed by atoms with van der Waals surface area (Å²) < 4.78 is 5.67. The Hall–Kier alpha value is -7.59. The van der Waals surface area contributed by atoms with Crippen LogP contribution < -0.4 is 43.4 Å². The molecule has 1 aliphatic rings. The zero-order valence-electron chi connectivity index (χ0n) is 42.9. The van der Waals surface area contributed by atoms with E-state index in [1.807, 2.05) is 43.3 Å². The molecule has 1 aromatic carbocycles. The van der Waals surface area contributed by atoms with Crippen molar-refractivity contribution in [3.63, 3.8) is 0 Å². The minimum atomic E-state index is -1.86. The topological polar surface area (TPSA) is 360 Å². The van der Waals surface area contributed by atoms with Crippen molar-refractivity contribution in [1.82, 2.24) is 36.8 Å². The van der Waals surface area contributed by atoms with E-state index in [2.05, 4.69) is 43.5 Å². The van der Waals surface area contributed by atoms with Crippen LogP contribution in [0.4, 0.5) is 0 Å². The van der Waals surface area contributed by atoms with Gasteiger partial charge in [0.2, 0.25) is 35.4 Å². The summed E-state index contributed by atoms with van der Waals surface area (Å²) in [6.07, 6.45) is 3.44. The SMILES string of the molecule is C=C1C(=O)NC(C)C(=O)NC(CC(C)C)C(=O)NC(C(=O)O)CC(=O)NC(CCCCN=C(N)N)C(=O)NC(C=CC(C)=CC(C)C(Cc2ccccc2)OC(C)=O)C(C)C(=O)NC(C(=O)O)CCC(=O)N1C. The number of carboxylic acids is 2. The Bertz CT molecular complexity index is 2240. The molecule has 7 amide bonds. The summed E-state index contributed by atoms with van der Waals surface area (Å²) in [5.41, 5.74) is 12.0. The number of unbranched alkanes of at least 4 members (excludes halogenated alkanes) is 1. The summed E-state index contributed by atoms with van der Waals surface area (Å²) in [4.78, 5) is 137. The smallest absolute Gasteiger partial charge is 0.326 e. The van der Waals surface area contributed by atoms with Gasteiger partial charge < -0.3 is 63.2 Å². The summed E-state index contributed by atoms with van der Waals surface area (Å²) in [5.74, 6) is -11.8. The number of rotatable bonds is 16. The minimum absolute atomic E-state index is 0.00293. The number of guanidine groups is 1. The number of nitrogens with zero attached hydrogens (tertiary/aromatic N) is 2. The zero-order chi connectivity index (χ0) is 55.1. The number of carboxylic acid groups (broad SMARTS) is 2. The third kappa shape index (κ3) is 22.2. The quantitative estimate of drug-likeness (QED) is 0.0272. The van der Waals surface area contributed by atoms with Gasteiger partial charge in [-0.15, -0.1) is 0 Å². The molecule has 402 valence electrons. The van der Waals surface area contributed by atoms with Crippen LogP contribution in [0.1, 0.15) is 99.0 Å². The van der Waals surface area contributed by atoms with Gasteiger partial charge in [0.25, 0.3) is 5.91 Å². The Kier molecular flexibility index (Phi) is 25.6. The predicted octanol–water partition coefficient (Wildman–Crippen LogP) is 0.679. The molecule has 1 fully saturated rings. The number of carbonyl (C=O) groups is 10. The number of likely N-dealkylation sites (N-methyl/N-ethyl adjacent to an activating group) is 1. The van der Waals surface area contributed by atoms with Crippen molar-refractivity contribution in [3.05, 3.63) is 72.0 Å². The number of benzene rings is 1. The molecule has 0 radical (unpaired) electrons. The maximum Gasteiger partial charge on any atom is 0.326 e. The lowest BCUT2D eigenvalue weighted by Crippen LogP contribution is -2.57. The molecule has 23 nitrogen and oxygen atoms in total. The summed E-state index contributed by atoms with van der Waals surface area (Å²) >= 11 is 0.